The highest BCUT2D eigenvalue weighted by molar-refractivity contribution is 5.94. The maximum absolute atomic E-state index is 12.2. The van der Waals surface area contributed by atoms with Gasteiger partial charge in [0.2, 0.25) is 0 Å². The van der Waals surface area contributed by atoms with Crippen molar-refractivity contribution in [2.75, 3.05) is 0 Å². The molecule has 3 aromatic rings. The lowest BCUT2D eigenvalue weighted by Gasteiger charge is -2.08. The average molecular weight is 306 g/mol. The molecule has 0 radical (unpaired) electrons. The fourth-order valence-corrected chi connectivity index (χ4v) is 2.31. The Morgan fingerprint density at radius 3 is 2.43 bits per heavy atom. The second-order valence-electron chi connectivity index (χ2n) is 5.34. The summed E-state index contributed by atoms with van der Waals surface area (Å²) < 4.78 is 2.07. The predicted molar refractivity (Wildman–Crippen MR) is 87.9 cm³/mol. The Kier molecular flexibility index (Phi) is 4.47. The van der Waals surface area contributed by atoms with Crippen LogP contribution < -0.4 is 5.32 Å². The number of benzene rings is 1. The Morgan fingerprint density at radius 2 is 1.78 bits per heavy atom. The predicted octanol–water partition coefficient (Wildman–Crippen LogP) is 2.56. The molecule has 0 spiro atoms. The number of rotatable bonds is 5. The van der Waals surface area contributed by atoms with Gasteiger partial charge in [-0.3, -0.25) is 9.78 Å². The van der Waals surface area contributed by atoms with Gasteiger partial charge < -0.3 is 9.88 Å². The van der Waals surface area contributed by atoms with Crippen LogP contribution in [0.5, 0.6) is 0 Å². The third-order valence-corrected chi connectivity index (χ3v) is 3.70. The molecule has 0 bridgehead atoms. The minimum absolute atomic E-state index is 0.0767. The van der Waals surface area contributed by atoms with Gasteiger partial charge in [0.1, 0.15) is 5.82 Å². The number of carbonyl (C=O) groups is 1. The Labute approximate surface area is 135 Å². The fraction of sp³-hybridized carbons (Fsp3) is 0.167. The molecule has 2 aromatic heterocycles. The van der Waals surface area contributed by atoms with E-state index in [-0.39, 0.29) is 5.91 Å². The van der Waals surface area contributed by atoms with Crippen LogP contribution in [0.2, 0.25) is 0 Å². The van der Waals surface area contributed by atoms with Gasteiger partial charge in [0.05, 0.1) is 0 Å². The van der Waals surface area contributed by atoms with Crippen molar-refractivity contribution in [3.05, 3.63) is 83.7 Å². The topological polar surface area (TPSA) is 59.8 Å². The van der Waals surface area contributed by atoms with Gasteiger partial charge in [-0.25, -0.2) is 4.98 Å². The summed E-state index contributed by atoms with van der Waals surface area (Å²) in [4.78, 5) is 20.3. The molecular formula is C18H18N4O. The van der Waals surface area contributed by atoms with Gasteiger partial charge in [0.25, 0.3) is 5.91 Å². The summed E-state index contributed by atoms with van der Waals surface area (Å²) in [5.41, 5.74) is 2.82. The van der Waals surface area contributed by atoms with Crippen molar-refractivity contribution in [2.45, 2.75) is 20.0 Å². The van der Waals surface area contributed by atoms with Crippen molar-refractivity contribution < 1.29 is 4.79 Å². The van der Waals surface area contributed by atoms with E-state index in [1.807, 2.05) is 49.5 Å². The summed E-state index contributed by atoms with van der Waals surface area (Å²) in [7, 11) is 0. The largest absolute Gasteiger partial charge is 0.348 e. The lowest BCUT2D eigenvalue weighted by Crippen LogP contribution is -2.22. The van der Waals surface area contributed by atoms with Crippen LogP contribution in [0, 0.1) is 6.92 Å². The van der Waals surface area contributed by atoms with Crippen LogP contribution in [0.15, 0.2) is 61.2 Å². The van der Waals surface area contributed by atoms with Crippen LogP contribution in [-0.2, 0) is 13.1 Å². The third-order valence-electron chi connectivity index (χ3n) is 3.70. The van der Waals surface area contributed by atoms with Crippen molar-refractivity contribution in [2.24, 2.45) is 0 Å². The number of amides is 1. The minimum atomic E-state index is -0.0767. The summed E-state index contributed by atoms with van der Waals surface area (Å²) in [6.45, 7) is 3.23. The van der Waals surface area contributed by atoms with Crippen LogP contribution in [0.3, 0.4) is 0 Å². The van der Waals surface area contributed by atoms with Crippen molar-refractivity contribution >= 4 is 5.91 Å². The molecule has 2 heterocycles. The molecule has 0 unspecified atom stereocenters. The number of nitrogens with one attached hydrogen (secondary N) is 1. The van der Waals surface area contributed by atoms with Crippen molar-refractivity contribution in [3.8, 4) is 0 Å². The van der Waals surface area contributed by atoms with Crippen LogP contribution in [-0.4, -0.2) is 20.4 Å². The molecule has 5 heteroatoms. The van der Waals surface area contributed by atoms with E-state index in [1.165, 1.54) is 0 Å². The molecule has 5 nitrogen and oxygen atoms in total. The number of nitrogens with zero attached hydrogens (tertiary/aromatic N) is 3. The van der Waals surface area contributed by atoms with Gasteiger partial charge in [-0.05, 0) is 42.3 Å². The number of aryl methyl sites for hydroxylation is 1. The van der Waals surface area contributed by atoms with Crippen LogP contribution in [0.1, 0.15) is 27.3 Å². The average Bonchev–Trinajstić information content (AvgIpc) is 2.99. The number of imidazole rings is 1. The maximum atomic E-state index is 12.2. The monoisotopic (exact) mass is 306 g/mol. The van der Waals surface area contributed by atoms with Gasteiger partial charge in [-0.1, -0.05) is 12.1 Å². The lowest BCUT2D eigenvalue weighted by atomic mass is 10.1. The zero-order valence-electron chi connectivity index (χ0n) is 12.9. The quantitative estimate of drug-likeness (QED) is 0.788. The Hall–Kier alpha value is -2.95. The van der Waals surface area contributed by atoms with E-state index in [0.29, 0.717) is 12.1 Å². The molecule has 0 aliphatic rings. The van der Waals surface area contributed by atoms with Crippen LogP contribution >= 0.6 is 0 Å². The highest BCUT2D eigenvalue weighted by Gasteiger charge is 2.06. The highest BCUT2D eigenvalue weighted by atomic mass is 16.1. The summed E-state index contributed by atoms with van der Waals surface area (Å²) in [5, 5.41) is 2.91. The molecule has 0 atom stereocenters. The van der Waals surface area contributed by atoms with E-state index in [1.54, 1.807) is 18.6 Å². The second-order valence-corrected chi connectivity index (χ2v) is 5.34. The lowest BCUT2D eigenvalue weighted by molar-refractivity contribution is 0.0951. The molecule has 3 rings (SSSR count). The molecule has 1 aromatic carbocycles. The normalized spacial score (nSPS) is 10.5. The molecule has 116 valence electrons. The van der Waals surface area contributed by atoms with E-state index in [2.05, 4.69) is 19.9 Å². The van der Waals surface area contributed by atoms with E-state index in [0.717, 1.165) is 23.5 Å². The van der Waals surface area contributed by atoms with Crippen molar-refractivity contribution in [1.82, 2.24) is 19.9 Å². The van der Waals surface area contributed by atoms with Gasteiger partial charge in [0.15, 0.2) is 0 Å². The smallest absolute Gasteiger partial charge is 0.251 e. The zero-order valence-corrected chi connectivity index (χ0v) is 12.9. The Morgan fingerprint density at radius 1 is 1.04 bits per heavy atom. The van der Waals surface area contributed by atoms with Crippen LogP contribution in [0.4, 0.5) is 0 Å². The molecule has 0 saturated carbocycles. The second kappa shape index (κ2) is 6.87. The van der Waals surface area contributed by atoms with Gasteiger partial charge in [-0.15, -0.1) is 0 Å². The van der Waals surface area contributed by atoms with E-state index >= 15 is 0 Å². The number of hydrogen-bond acceptors (Lipinski definition) is 3. The summed E-state index contributed by atoms with van der Waals surface area (Å²) in [6, 6.07) is 11.4. The Bertz CT molecular complexity index is 778. The first-order valence-corrected chi connectivity index (χ1v) is 7.46. The number of aromatic nitrogens is 3. The van der Waals surface area contributed by atoms with Gasteiger partial charge in [-0.2, -0.15) is 0 Å². The van der Waals surface area contributed by atoms with E-state index in [9.17, 15) is 4.79 Å². The number of carbonyl (C=O) groups excluding carboxylic acids is 1. The SMILES string of the molecule is Cc1nccn1Cc1ccc(C(=O)NCc2ccncc2)cc1. The third kappa shape index (κ3) is 3.83. The first-order chi connectivity index (χ1) is 11.2. The fourth-order valence-electron chi connectivity index (χ4n) is 2.31. The highest BCUT2D eigenvalue weighted by Crippen LogP contribution is 2.08. The van der Waals surface area contributed by atoms with Gasteiger partial charge >= 0.3 is 0 Å². The van der Waals surface area contributed by atoms with Crippen molar-refractivity contribution in [1.29, 1.82) is 0 Å². The molecule has 0 saturated heterocycles. The molecular weight excluding hydrogens is 288 g/mol. The summed E-state index contributed by atoms with van der Waals surface area (Å²) in [6.07, 6.45) is 7.17. The Balaban J connectivity index is 1.60. The molecule has 0 aliphatic heterocycles. The molecule has 1 N–H and O–H groups in total. The maximum Gasteiger partial charge on any atom is 0.251 e. The number of hydrogen-bond donors (Lipinski definition) is 1. The minimum Gasteiger partial charge on any atom is -0.348 e. The molecule has 1 amide bonds. The molecule has 0 fully saturated rings. The summed E-state index contributed by atoms with van der Waals surface area (Å²) >= 11 is 0. The first-order valence-electron chi connectivity index (χ1n) is 7.46. The van der Waals surface area contributed by atoms with Crippen molar-refractivity contribution in [3.63, 3.8) is 0 Å². The zero-order chi connectivity index (χ0) is 16.1. The van der Waals surface area contributed by atoms with E-state index < -0.39 is 0 Å². The number of pyridine rings is 1. The summed E-state index contributed by atoms with van der Waals surface area (Å²) in [5.74, 6) is 0.899. The first kappa shape index (κ1) is 15.0. The molecule has 23 heavy (non-hydrogen) atoms. The standard InChI is InChI=1S/C18H18N4O/c1-14-20-10-11-22(14)13-16-2-4-17(5-3-16)18(23)21-12-15-6-8-19-9-7-15/h2-11H,12-13H2,1H3,(H,21,23). The van der Waals surface area contributed by atoms with Gasteiger partial charge in [0, 0.05) is 43.4 Å². The van der Waals surface area contributed by atoms with Crippen LogP contribution in [0.25, 0.3) is 0 Å². The molecule has 0 aliphatic carbocycles. The van der Waals surface area contributed by atoms with E-state index in [4.69, 9.17) is 0 Å².